The Bertz CT molecular complexity index is 508. The second kappa shape index (κ2) is 4.00. The molecule has 2 rings (SSSR count). The molecule has 0 saturated heterocycles. The first-order valence-electron chi connectivity index (χ1n) is 4.26. The molecule has 1 heterocycles. The number of anilines is 1. The molecule has 1 aromatic carbocycles. The quantitative estimate of drug-likeness (QED) is 0.840. The highest BCUT2D eigenvalue weighted by atomic mass is 35.5. The Hall–Kier alpha value is -0.770. The second-order valence-corrected chi connectivity index (χ2v) is 5.16. The van der Waals surface area contributed by atoms with Gasteiger partial charge in [-0.2, -0.15) is 0 Å². The Kier molecular flexibility index (Phi) is 2.87. The van der Waals surface area contributed by atoms with Gasteiger partial charge in [0, 0.05) is 15.5 Å². The molecule has 0 saturated carbocycles. The fourth-order valence-electron chi connectivity index (χ4n) is 1.35. The summed E-state index contributed by atoms with van der Waals surface area (Å²) in [4.78, 5) is 5.27. The Labute approximate surface area is 102 Å². The van der Waals surface area contributed by atoms with Crippen LogP contribution in [0.1, 0.15) is 4.88 Å². The first kappa shape index (κ1) is 10.7. The molecule has 15 heavy (non-hydrogen) atoms. The maximum Gasteiger partial charge on any atom is 0.180 e. The summed E-state index contributed by atoms with van der Waals surface area (Å²) in [6, 6.07) is 5.30. The SMILES string of the molecule is Cc1sc(N)nc1-c1cc(Cl)ccc1Cl. The molecule has 5 heteroatoms. The first-order valence-corrected chi connectivity index (χ1v) is 5.83. The van der Waals surface area contributed by atoms with E-state index in [4.69, 9.17) is 28.9 Å². The number of benzene rings is 1. The van der Waals surface area contributed by atoms with Crippen LogP contribution in [-0.2, 0) is 0 Å². The highest BCUT2D eigenvalue weighted by Crippen LogP contribution is 2.34. The number of thiazole rings is 1. The van der Waals surface area contributed by atoms with E-state index in [1.807, 2.05) is 6.92 Å². The molecular formula is C10H8Cl2N2S. The van der Waals surface area contributed by atoms with Gasteiger partial charge in [-0.15, -0.1) is 11.3 Å². The molecule has 0 bridgehead atoms. The standard InChI is InChI=1S/C10H8Cl2N2S/c1-5-9(14-10(13)15-5)7-4-6(11)2-3-8(7)12/h2-4H,1H3,(H2,13,14). The van der Waals surface area contributed by atoms with Crippen molar-refractivity contribution in [2.75, 3.05) is 5.73 Å². The number of nitrogens with two attached hydrogens (primary N) is 1. The van der Waals surface area contributed by atoms with Crippen molar-refractivity contribution in [3.8, 4) is 11.3 Å². The monoisotopic (exact) mass is 258 g/mol. The van der Waals surface area contributed by atoms with Crippen LogP contribution in [0.15, 0.2) is 18.2 Å². The number of aromatic nitrogens is 1. The molecule has 0 unspecified atom stereocenters. The number of halogens is 2. The third-order valence-electron chi connectivity index (χ3n) is 2.00. The van der Waals surface area contributed by atoms with Crippen LogP contribution < -0.4 is 5.73 Å². The van der Waals surface area contributed by atoms with Crippen molar-refractivity contribution in [1.29, 1.82) is 0 Å². The van der Waals surface area contributed by atoms with E-state index in [1.165, 1.54) is 11.3 Å². The van der Waals surface area contributed by atoms with Crippen molar-refractivity contribution in [2.24, 2.45) is 0 Å². The molecule has 0 fully saturated rings. The second-order valence-electron chi connectivity index (χ2n) is 3.08. The highest BCUT2D eigenvalue weighted by molar-refractivity contribution is 7.15. The van der Waals surface area contributed by atoms with Gasteiger partial charge in [0.25, 0.3) is 0 Å². The van der Waals surface area contributed by atoms with E-state index in [2.05, 4.69) is 4.98 Å². The van der Waals surface area contributed by atoms with Gasteiger partial charge in [-0.25, -0.2) is 4.98 Å². The van der Waals surface area contributed by atoms with Gasteiger partial charge >= 0.3 is 0 Å². The van der Waals surface area contributed by atoms with Crippen LogP contribution >= 0.6 is 34.5 Å². The van der Waals surface area contributed by atoms with Crippen molar-refractivity contribution in [2.45, 2.75) is 6.92 Å². The minimum Gasteiger partial charge on any atom is -0.375 e. The minimum absolute atomic E-state index is 0.540. The molecule has 78 valence electrons. The van der Waals surface area contributed by atoms with Crippen molar-refractivity contribution in [3.63, 3.8) is 0 Å². The average Bonchev–Trinajstić information content (AvgIpc) is 2.50. The fourth-order valence-corrected chi connectivity index (χ4v) is 2.43. The minimum atomic E-state index is 0.540. The molecule has 0 aliphatic heterocycles. The lowest BCUT2D eigenvalue weighted by atomic mass is 10.1. The molecule has 2 nitrogen and oxygen atoms in total. The summed E-state index contributed by atoms with van der Waals surface area (Å²) in [6.07, 6.45) is 0. The largest absolute Gasteiger partial charge is 0.375 e. The van der Waals surface area contributed by atoms with E-state index >= 15 is 0 Å². The Morgan fingerprint density at radius 3 is 2.67 bits per heavy atom. The zero-order chi connectivity index (χ0) is 11.0. The van der Waals surface area contributed by atoms with E-state index in [9.17, 15) is 0 Å². The molecule has 0 aliphatic carbocycles. The molecule has 0 amide bonds. The van der Waals surface area contributed by atoms with Crippen LogP contribution in [0.4, 0.5) is 5.13 Å². The zero-order valence-corrected chi connectivity index (χ0v) is 10.2. The van der Waals surface area contributed by atoms with Gasteiger partial charge in [0.2, 0.25) is 0 Å². The molecule has 0 aliphatic rings. The van der Waals surface area contributed by atoms with Gasteiger partial charge in [-0.3, -0.25) is 0 Å². The molecule has 1 aromatic heterocycles. The van der Waals surface area contributed by atoms with Gasteiger partial charge in [-0.05, 0) is 25.1 Å². The number of hydrogen-bond acceptors (Lipinski definition) is 3. The maximum absolute atomic E-state index is 6.08. The average molecular weight is 259 g/mol. The number of nitrogens with zero attached hydrogens (tertiary/aromatic N) is 1. The summed E-state index contributed by atoms with van der Waals surface area (Å²) in [7, 11) is 0. The van der Waals surface area contributed by atoms with Gasteiger partial charge in [0.15, 0.2) is 5.13 Å². The lowest BCUT2D eigenvalue weighted by molar-refractivity contribution is 1.38. The Morgan fingerprint density at radius 2 is 2.07 bits per heavy atom. The van der Waals surface area contributed by atoms with Crippen molar-refractivity contribution in [3.05, 3.63) is 33.1 Å². The number of hydrogen-bond donors (Lipinski definition) is 1. The predicted molar refractivity (Wildman–Crippen MR) is 66.7 cm³/mol. The van der Waals surface area contributed by atoms with Crippen molar-refractivity contribution >= 4 is 39.7 Å². The summed E-state index contributed by atoms with van der Waals surface area (Å²) >= 11 is 13.4. The Morgan fingerprint density at radius 1 is 1.33 bits per heavy atom. The van der Waals surface area contributed by atoms with Crippen LogP contribution in [0, 0.1) is 6.92 Å². The van der Waals surface area contributed by atoms with Crippen molar-refractivity contribution < 1.29 is 0 Å². The zero-order valence-electron chi connectivity index (χ0n) is 7.92. The fraction of sp³-hybridized carbons (Fsp3) is 0.100. The summed E-state index contributed by atoms with van der Waals surface area (Å²) in [5.41, 5.74) is 7.27. The van der Waals surface area contributed by atoms with Crippen LogP contribution in [0.2, 0.25) is 10.0 Å². The van der Waals surface area contributed by atoms with Gasteiger partial charge in [0.1, 0.15) is 0 Å². The molecule has 0 atom stereocenters. The van der Waals surface area contributed by atoms with Gasteiger partial charge < -0.3 is 5.73 Å². The van der Waals surface area contributed by atoms with Crippen LogP contribution in [0.25, 0.3) is 11.3 Å². The molecular weight excluding hydrogens is 251 g/mol. The topological polar surface area (TPSA) is 38.9 Å². The van der Waals surface area contributed by atoms with E-state index in [0.717, 1.165) is 16.1 Å². The summed E-state index contributed by atoms with van der Waals surface area (Å²) in [6.45, 7) is 1.96. The number of nitrogen functional groups attached to an aromatic ring is 1. The number of rotatable bonds is 1. The lowest BCUT2D eigenvalue weighted by Gasteiger charge is -2.02. The van der Waals surface area contributed by atoms with Crippen LogP contribution in [-0.4, -0.2) is 4.98 Å². The third kappa shape index (κ3) is 2.09. The predicted octanol–water partition coefficient (Wildman–Crippen LogP) is 4.01. The van der Waals surface area contributed by atoms with Crippen LogP contribution in [0.3, 0.4) is 0 Å². The Balaban J connectivity index is 2.62. The van der Waals surface area contributed by atoms with E-state index in [0.29, 0.717) is 15.2 Å². The van der Waals surface area contributed by atoms with Gasteiger partial charge in [-0.1, -0.05) is 23.2 Å². The van der Waals surface area contributed by atoms with Gasteiger partial charge in [0.05, 0.1) is 10.7 Å². The van der Waals surface area contributed by atoms with E-state index < -0.39 is 0 Å². The molecule has 2 aromatic rings. The third-order valence-corrected chi connectivity index (χ3v) is 3.36. The van der Waals surface area contributed by atoms with E-state index in [1.54, 1.807) is 18.2 Å². The first-order chi connectivity index (χ1) is 7.08. The van der Waals surface area contributed by atoms with Crippen LogP contribution in [0.5, 0.6) is 0 Å². The molecule has 2 N–H and O–H groups in total. The summed E-state index contributed by atoms with van der Waals surface area (Å²) in [5.74, 6) is 0. The molecule has 0 spiro atoms. The lowest BCUT2D eigenvalue weighted by Crippen LogP contribution is -1.85. The number of aryl methyl sites for hydroxylation is 1. The highest BCUT2D eigenvalue weighted by Gasteiger charge is 2.11. The van der Waals surface area contributed by atoms with Crippen molar-refractivity contribution in [1.82, 2.24) is 4.98 Å². The normalized spacial score (nSPS) is 10.6. The smallest absolute Gasteiger partial charge is 0.180 e. The van der Waals surface area contributed by atoms with E-state index in [-0.39, 0.29) is 0 Å². The summed E-state index contributed by atoms with van der Waals surface area (Å²) < 4.78 is 0. The maximum atomic E-state index is 6.08. The summed E-state index contributed by atoms with van der Waals surface area (Å²) in [5, 5.41) is 1.81. The molecule has 0 radical (unpaired) electrons.